The summed E-state index contributed by atoms with van der Waals surface area (Å²) >= 11 is 0. The molecule has 0 spiro atoms. The van der Waals surface area contributed by atoms with Crippen LogP contribution in [0.3, 0.4) is 0 Å². The molecule has 0 saturated carbocycles. The molecule has 0 radical (unpaired) electrons. The van der Waals surface area contributed by atoms with E-state index in [9.17, 15) is 14.2 Å². The molecule has 0 aromatic carbocycles. The lowest BCUT2D eigenvalue weighted by molar-refractivity contribution is -0.191. The van der Waals surface area contributed by atoms with Gasteiger partial charge in [-0.25, -0.2) is 4.79 Å². The molecule has 0 aromatic heterocycles. The summed E-state index contributed by atoms with van der Waals surface area (Å²) in [6.07, 6.45) is -0.754. The zero-order valence-corrected chi connectivity index (χ0v) is 13.1. The van der Waals surface area contributed by atoms with Gasteiger partial charge in [-0.2, -0.15) is 9.59 Å². The minimum absolute atomic E-state index is 0.00257. The lowest BCUT2D eigenvalue weighted by Crippen LogP contribution is -2.16. The van der Waals surface area contributed by atoms with Crippen LogP contribution in [0.15, 0.2) is 0 Å². The van der Waals surface area contributed by atoms with Crippen LogP contribution in [-0.2, 0) is 33.2 Å². The van der Waals surface area contributed by atoms with Crippen molar-refractivity contribution in [2.45, 2.75) is 39.2 Å². The molecule has 11 heteroatoms. The summed E-state index contributed by atoms with van der Waals surface area (Å²) in [6.45, 7) is 2.76. The van der Waals surface area contributed by atoms with Crippen molar-refractivity contribution in [3.05, 3.63) is 0 Å². The van der Waals surface area contributed by atoms with Gasteiger partial charge in [-0.15, -0.1) is 0 Å². The fraction of sp³-hybridized carbons (Fsp3) is 0.727. The van der Waals surface area contributed by atoms with Crippen LogP contribution in [0.2, 0.25) is 0 Å². The van der Waals surface area contributed by atoms with Gasteiger partial charge in [-0.1, -0.05) is 0 Å². The Morgan fingerprint density at radius 3 is 2.14 bits per heavy atom. The zero-order valence-electron chi connectivity index (χ0n) is 12.2. The van der Waals surface area contributed by atoms with E-state index in [0.29, 0.717) is 6.42 Å². The Balaban J connectivity index is 0. The van der Waals surface area contributed by atoms with E-state index in [1.807, 2.05) is 0 Å². The van der Waals surface area contributed by atoms with E-state index in [-0.39, 0.29) is 31.3 Å². The van der Waals surface area contributed by atoms with Crippen LogP contribution in [0.4, 0.5) is 4.79 Å². The predicted molar refractivity (Wildman–Crippen MR) is 69.4 cm³/mol. The summed E-state index contributed by atoms with van der Waals surface area (Å²) in [5.74, 6) is -0.608. The van der Waals surface area contributed by atoms with E-state index in [0.717, 1.165) is 0 Å². The summed E-state index contributed by atoms with van der Waals surface area (Å²) in [5, 5.41) is 0. The Morgan fingerprint density at radius 1 is 1.14 bits per heavy atom. The first kappa shape index (κ1) is 22.5. The van der Waals surface area contributed by atoms with Crippen LogP contribution in [0.1, 0.15) is 33.1 Å². The maximum Gasteiger partial charge on any atom is 0.511 e. The Kier molecular flexibility index (Phi) is 13.3. The summed E-state index contributed by atoms with van der Waals surface area (Å²) in [5.41, 5.74) is 0. The Bertz CT molecular complexity index is 407. The molecule has 0 heterocycles. The highest BCUT2D eigenvalue weighted by atomic mass is 31.2. The van der Waals surface area contributed by atoms with Crippen molar-refractivity contribution in [1.29, 1.82) is 0 Å². The van der Waals surface area contributed by atoms with Gasteiger partial charge < -0.3 is 24.0 Å². The van der Waals surface area contributed by atoms with Gasteiger partial charge >= 0.3 is 25.9 Å². The second kappa shape index (κ2) is 13.0. The van der Waals surface area contributed by atoms with Crippen LogP contribution < -0.4 is 0 Å². The molecule has 22 heavy (non-hydrogen) atoms. The first-order valence-electron chi connectivity index (χ1n) is 6.15. The first-order chi connectivity index (χ1) is 10.1. The largest absolute Gasteiger partial charge is 0.511 e. The standard InChI is InChI=1S/C10H19O8P.CO2/c1-8(2)18-10(12)17-7-16-9(11)5-3-4-6-19(13,14)15;2-1-3/h8H,3-7H2,1-2H3,(H2,13,14,15);. The fourth-order valence-electron chi connectivity index (χ4n) is 1.03. The molecule has 0 atom stereocenters. The molecule has 0 amide bonds. The predicted octanol–water partition coefficient (Wildman–Crippen LogP) is 0.813. The van der Waals surface area contributed by atoms with Crippen LogP contribution >= 0.6 is 7.60 Å². The zero-order chi connectivity index (χ0) is 17.6. The van der Waals surface area contributed by atoms with Crippen LogP contribution in [0, 0.1) is 0 Å². The lowest BCUT2D eigenvalue weighted by Gasteiger charge is -2.09. The number of rotatable bonds is 8. The van der Waals surface area contributed by atoms with Crippen molar-refractivity contribution in [3.63, 3.8) is 0 Å². The topological polar surface area (TPSA) is 154 Å². The van der Waals surface area contributed by atoms with Gasteiger partial charge in [-0.05, 0) is 26.7 Å². The number of ether oxygens (including phenoxy) is 3. The molecule has 2 N–H and O–H groups in total. The number of carbonyl (C=O) groups excluding carboxylic acids is 4. The van der Waals surface area contributed by atoms with E-state index in [2.05, 4.69) is 14.2 Å². The molecule has 128 valence electrons. The van der Waals surface area contributed by atoms with Crippen molar-refractivity contribution in [3.8, 4) is 0 Å². The highest BCUT2D eigenvalue weighted by molar-refractivity contribution is 7.51. The molecular weight excluding hydrogens is 323 g/mol. The van der Waals surface area contributed by atoms with Gasteiger partial charge in [0.2, 0.25) is 6.79 Å². The third kappa shape index (κ3) is 20.6. The maximum atomic E-state index is 11.1. The molecule has 0 unspecified atom stereocenters. The Hall–Kier alpha value is -1.73. The number of unbranched alkanes of at least 4 members (excludes halogenated alkanes) is 1. The van der Waals surface area contributed by atoms with Crippen LogP contribution in [-0.4, -0.2) is 47.1 Å². The van der Waals surface area contributed by atoms with E-state index >= 15 is 0 Å². The smallest absolute Gasteiger partial charge is 0.431 e. The second-order valence-corrected chi connectivity index (χ2v) is 5.90. The third-order valence-electron chi connectivity index (χ3n) is 1.81. The summed E-state index contributed by atoms with van der Waals surface area (Å²) in [7, 11) is -4.01. The van der Waals surface area contributed by atoms with Crippen molar-refractivity contribution in [1.82, 2.24) is 0 Å². The Labute approximate surface area is 126 Å². The van der Waals surface area contributed by atoms with Gasteiger partial charge in [0.05, 0.1) is 6.10 Å². The fourth-order valence-corrected chi connectivity index (χ4v) is 1.66. The van der Waals surface area contributed by atoms with Crippen molar-refractivity contribution in [2.75, 3.05) is 13.0 Å². The van der Waals surface area contributed by atoms with E-state index in [4.69, 9.17) is 19.4 Å². The van der Waals surface area contributed by atoms with E-state index < -0.39 is 26.5 Å². The maximum absolute atomic E-state index is 11.1. The molecular formula is C11H19O10P. The van der Waals surface area contributed by atoms with E-state index in [1.54, 1.807) is 13.8 Å². The first-order valence-corrected chi connectivity index (χ1v) is 7.95. The highest BCUT2D eigenvalue weighted by Gasteiger charge is 2.13. The van der Waals surface area contributed by atoms with Gasteiger partial charge in [0.25, 0.3) is 0 Å². The third-order valence-corrected chi connectivity index (χ3v) is 2.71. The van der Waals surface area contributed by atoms with Gasteiger partial charge in [-0.3, -0.25) is 9.36 Å². The molecule has 0 aliphatic carbocycles. The summed E-state index contributed by atoms with van der Waals surface area (Å²) in [6, 6.07) is 0. The number of hydrogen-bond donors (Lipinski definition) is 2. The average molecular weight is 342 g/mol. The molecule has 10 nitrogen and oxygen atoms in total. The molecule has 0 fully saturated rings. The second-order valence-electron chi connectivity index (χ2n) is 4.12. The monoisotopic (exact) mass is 342 g/mol. The lowest BCUT2D eigenvalue weighted by atomic mass is 10.2. The molecule has 0 aromatic rings. The summed E-state index contributed by atoms with van der Waals surface area (Å²) < 4.78 is 24.2. The van der Waals surface area contributed by atoms with Gasteiger partial charge in [0.1, 0.15) is 0 Å². The SMILES string of the molecule is CC(C)OC(=O)OCOC(=O)CCCCP(=O)(O)O.O=C=O. The van der Waals surface area contributed by atoms with Crippen molar-refractivity contribution >= 4 is 25.9 Å². The minimum atomic E-state index is -4.01. The van der Waals surface area contributed by atoms with E-state index in [1.165, 1.54) is 0 Å². The number of carbonyl (C=O) groups is 2. The van der Waals surface area contributed by atoms with Crippen LogP contribution in [0.25, 0.3) is 0 Å². The Morgan fingerprint density at radius 2 is 1.68 bits per heavy atom. The van der Waals surface area contributed by atoms with Gasteiger partial charge in [0, 0.05) is 12.6 Å². The number of hydrogen-bond acceptors (Lipinski definition) is 8. The number of esters is 1. The molecule has 0 bridgehead atoms. The van der Waals surface area contributed by atoms with Crippen LogP contribution in [0.5, 0.6) is 0 Å². The minimum Gasteiger partial charge on any atom is -0.431 e. The molecule has 0 aliphatic heterocycles. The summed E-state index contributed by atoms with van der Waals surface area (Å²) in [4.78, 5) is 55.4. The molecule has 0 rings (SSSR count). The van der Waals surface area contributed by atoms with Crippen molar-refractivity contribution in [2.24, 2.45) is 0 Å². The normalized spacial score (nSPS) is 10.0. The quantitative estimate of drug-likeness (QED) is 0.280. The van der Waals surface area contributed by atoms with Crippen molar-refractivity contribution < 1.29 is 47.7 Å². The molecule has 0 saturated heterocycles. The highest BCUT2D eigenvalue weighted by Crippen LogP contribution is 2.35. The average Bonchev–Trinajstić information content (AvgIpc) is 2.33. The van der Waals surface area contributed by atoms with Gasteiger partial charge in [0.15, 0.2) is 0 Å². The molecule has 0 aliphatic rings.